The van der Waals surface area contributed by atoms with E-state index in [4.69, 9.17) is 23.2 Å². The van der Waals surface area contributed by atoms with E-state index >= 15 is 0 Å². The first-order valence-corrected chi connectivity index (χ1v) is 8.27. The molecule has 1 aliphatic rings. The van der Waals surface area contributed by atoms with E-state index in [1.165, 1.54) is 0 Å². The Morgan fingerprint density at radius 3 is 2.36 bits per heavy atom. The Labute approximate surface area is 148 Å². The molecule has 0 amide bonds. The number of nitrogens with zero attached hydrogens (tertiary/aromatic N) is 1. The highest BCUT2D eigenvalue weighted by atomic mass is 16.7. The van der Waals surface area contributed by atoms with Gasteiger partial charge < -0.3 is 23.2 Å². The minimum atomic E-state index is -0.512. The zero-order valence-corrected chi connectivity index (χ0v) is 15.6. The van der Waals surface area contributed by atoms with Crippen molar-refractivity contribution in [2.45, 2.75) is 45.8 Å². The fourth-order valence-corrected chi connectivity index (χ4v) is 2.59. The van der Waals surface area contributed by atoms with Crippen LogP contribution in [0.5, 0.6) is 5.75 Å². The average Bonchev–Trinajstić information content (AvgIpc) is 3.06. The lowest BCUT2D eigenvalue weighted by Crippen LogP contribution is -2.41. The van der Waals surface area contributed by atoms with E-state index in [0.29, 0.717) is 17.4 Å². The molecule has 25 heavy (non-hydrogen) atoms. The molecule has 0 N–H and O–H groups in total. The maximum atomic E-state index is 6.14. The fourth-order valence-electron chi connectivity index (χ4n) is 2.59. The van der Waals surface area contributed by atoms with Crippen LogP contribution in [-0.4, -0.2) is 37.2 Å². The van der Waals surface area contributed by atoms with Crippen molar-refractivity contribution in [2.75, 3.05) is 13.9 Å². The Balaban J connectivity index is 1.96. The molecule has 1 saturated heterocycles. The van der Waals surface area contributed by atoms with Crippen LogP contribution in [0, 0.1) is 6.92 Å². The summed E-state index contributed by atoms with van der Waals surface area (Å²) in [7, 11) is 1.07. The van der Waals surface area contributed by atoms with Crippen LogP contribution in [0.3, 0.4) is 0 Å². The molecular formula is C18H24BNO5. The van der Waals surface area contributed by atoms with Gasteiger partial charge in [-0.05, 0) is 33.8 Å². The van der Waals surface area contributed by atoms with Crippen LogP contribution in [0.25, 0.3) is 11.3 Å². The van der Waals surface area contributed by atoms with Crippen LogP contribution in [0.2, 0.25) is 0 Å². The summed E-state index contributed by atoms with van der Waals surface area (Å²) >= 11 is 0. The molecule has 1 aliphatic heterocycles. The molecule has 0 spiro atoms. The molecule has 0 radical (unpaired) electrons. The zero-order chi connectivity index (χ0) is 18.2. The van der Waals surface area contributed by atoms with Crippen LogP contribution in [0.1, 0.15) is 33.6 Å². The van der Waals surface area contributed by atoms with Gasteiger partial charge >= 0.3 is 7.12 Å². The third-order valence-corrected chi connectivity index (χ3v) is 4.76. The van der Waals surface area contributed by atoms with Crippen molar-refractivity contribution in [2.24, 2.45) is 0 Å². The molecular weight excluding hydrogens is 321 g/mol. The summed E-state index contributed by atoms with van der Waals surface area (Å²) in [6, 6.07) is 5.76. The number of rotatable bonds is 5. The molecule has 6 nitrogen and oxygen atoms in total. The summed E-state index contributed by atoms with van der Waals surface area (Å²) in [6.07, 6.45) is 1.69. The molecule has 134 valence electrons. The van der Waals surface area contributed by atoms with Crippen molar-refractivity contribution < 1.29 is 23.2 Å². The van der Waals surface area contributed by atoms with E-state index in [1.807, 2.05) is 52.8 Å². The predicted octanol–water partition coefficient (Wildman–Crippen LogP) is 2.93. The van der Waals surface area contributed by atoms with Crippen LogP contribution >= 0.6 is 0 Å². The van der Waals surface area contributed by atoms with Gasteiger partial charge in [0.25, 0.3) is 0 Å². The molecule has 0 bridgehead atoms. The number of aryl methyl sites for hydroxylation is 1. The topological polar surface area (TPSA) is 63.0 Å². The van der Waals surface area contributed by atoms with E-state index < -0.39 is 18.3 Å². The maximum absolute atomic E-state index is 6.14. The molecule has 1 aromatic carbocycles. The smallest absolute Gasteiger partial charge is 0.468 e. The molecule has 1 aromatic heterocycles. The second-order valence-electron chi connectivity index (χ2n) is 7.14. The molecule has 0 aliphatic carbocycles. The first-order chi connectivity index (χ1) is 11.7. The van der Waals surface area contributed by atoms with Crippen molar-refractivity contribution in [1.82, 2.24) is 4.98 Å². The number of aromatic nitrogens is 1. The second-order valence-corrected chi connectivity index (χ2v) is 7.14. The van der Waals surface area contributed by atoms with Crippen LogP contribution < -0.4 is 10.2 Å². The molecule has 7 heteroatoms. The number of methoxy groups -OCH3 is 1. The van der Waals surface area contributed by atoms with Crippen molar-refractivity contribution in [3.8, 4) is 17.1 Å². The second kappa shape index (κ2) is 6.48. The summed E-state index contributed by atoms with van der Waals surface area (Å²) < 4.78 is 28.7. The van der Waals surface area contributed by atoms with Crippen molar-refractivity contribution in [3.63, 3.8) is 0 Å². The fraction of sp³-hybridized carbons (Fsp3) is 0.500. The number of benzene rings is 1. The Morgan fingerprint density at radius 1 is 1.12 bits per heavy atom. The van der Waals surface area contributed by atoms with Gasteiger partial charge in [-0.3, -0.25) is 0 Å². The van der Waals surface area contributed by atoms with Gasteiger partial charge in [-0.1, -0.05) is 12.1 Å². The quantitative estimate of drug-likeness (QED) is 0.613. The minimum Gasteiger partial charge on any atom is -0.468 e. The first kappa shape index (κ1) is 18.0. The van der Waals surface area contributed by atoms with Crippen molar-refractivity contribution in [3.05, 3.63) is 30.3 Å². The Kier molecular flexibility index (Phi) is 4.66. The summed E-state index contributed by atoms with van der Waals surface area (Å²) in [5, 5.41) is 0. The largest absolute Gasteiger partial charge is 0.498 e. The van der Waals surface area contributed by atoms with Gasteiger partial charge in [0.1, 0.15) is 5.75 Å². The maximum Gasteiger partial charge on any atom is 0.498 e. The number of oxazole rings is 1. The highest BCUT2D eigenvalue weighted by Crippen LogP contribution is 2.37. The van der Waals surface area contributed by atoms with Gasteiger partial charge in [0.05, 0.1) is 17.4 Å². The summed E-state index contributed by atoms with van der Waals surface area (Å²) in [5.41, 5.74) is 0.844. The molecule has 0 saturated carbocycles. The minimum absolute atomic E-state index is 0.130. The summed E-state index contributed by atoms with van der Waals surface area (Å²) in [5.74, 6) is 1.93. The highest BCUT2D eigenvalue weighted by Gasteiger charge is 2.52. The standard InChI is InChI=1S/C18H24BNO5/c1-12-20-10-16(23-12)13-7-8-14(15(9-13)22-11-21-6)19-24-17(2,3)18(4,5)25-19/h7-10H,11H2,1-6H3. The first-order valence-electron chi connectivity index (χ1n) is 8.27. The lowest BCUT2D eigenvalue weighted by Gasteiger charge is -2.32. The SMILES string of the molecule is COCOc1cc(-c2cnc(C)o2)ccc1B1OC(C)(C)C(C)(C)O1. The zero-order valence-electron chi connectivity index (χ0n) is 15.6. The van der Waals surface area contributed by atoms with Crippen LogP contribution in [0.15, 0.2) is 28.8 Å². The molecule has 1 fully saturated rings. The van der Waals surface area contributed by atoms with Gasteiger partial charge in [0, 0.05) is 25.1 Å². The predicted molar refractivity (Wildman–Crippen MR) is 94.9 cm³/mol. The highest BCUT2D eigenvalue weighted by molar-refractivity contribution is 6.63. The van der Waals surface area contributed by atoms with E-state index in [0.717, 1.165) is 11.0 Å². The lowest BCUT2D eigenvalue weighted by molar-refractivity contribution is 0.00578. The van der Waals surface area contributed by atoms with Crippen molar-refractivity contribution in [1.29, 1.82) is 0 Å². The molecule has 2 heterocycles. The van der Waals surface area contributed by atoms with Gasteiger partial charge in [-0.2, -0.15) is 0 Å². The monoisotopic (exact) mass is 345 g/mol. The van der Waals surface area contributed by atoms with Gasteiger partial charge in [0.2, 0.25) is 0 Å². The van der Waals surface area contributed by atoms with E-state index in [2.05, 4.69) is 4.98 Å². The van der Waals surface area contributed by atoms with E-state index in [1.54, 1.807) is 13.3 Å². The third-order valence-electron chi connectivity index (χ3n) is 4.76. The molecule has 3 rings (SSSR count). The average molecular weight is 345 g/mol. The lowest BCUT2D eigenvalue weighted by atomic mass is 9.78. The van der Waals surface area contributed by atoms with E-state index in [-0.39, 0.29) is 6.79 Å². The Morgan fingerprint density at radius 2 is 1.80 bits per heavy atom. The molecule has 0 atom stereocenters. The molecule has 2 aromatic rings. The van der Waals surface area contributed by atoms with Gasteiger partial charge in [-0.25, -0.2) is 4.98 Å². The van der Waals surface area contributed by atoms with Gasteiger partial charge in [-0.15, -0.1) is 0 Å². The van der Waals surface area contributed by atoms with Crippen LogP contribution in [-0.2, 0) is 14.0 Å². The van der Waals surface area contributed by atoms with E-state index in [9.17, 15) is 0 Å². The van der Waals surface area contributed by atoms with Crippen molar-refractivity contribution >= 4 is 12.6 Å². The van der Waals surface area contributed by atoms with Crippen LogP contribution in [0.4, 0.5) is 0 Å². The summed E-state index contributed by atoms with van der Waals surface area (Å²) in [6.45, 7) is 10.0. The Bertz CT molecular complexity index is 740. The summed E-state index contributed by atoms with van der Waals surface area (Å²) in [4.78, 5) is 4.14. The normalized spacial score (nSPS) is 18.6. The van der Waals surface area contributed by atoms with Gasteiger partial charge in [0.15, 0.2) is 18.4 Å². The number of hydrogen-bond donors (Lipinski definition) is 0. The Hall–Kier alpha value is -1.83. The molecule has 0 unspecified atom stereocenters. The third kappa shape index (κ3) is 3.45. The number of ether oxygens (including phenoxy) is 2. The number of hydrogen-bond acceptors (Lipinski definition) is 6.